The van der Waals surface area contributed by atoms with Gasteiger partial charge in [0, 0.05) is 6.92 Å². The zero-order chi connectivity index (χ0) is 43.7. The average Bonchev–Trinajstić information content (AvgIpc) is 3.46. The number of carbonyl (C=O) groups excluding carboxylic acids is 1. The topological polar surface area (TPSA) is 433 Å². The van der Waals surface area contributed by atoms with Crippen LogP contribution in [0.5, 0.6) is 0 Å². The van der Waals surface area contributed by atoms with Gasteiger partial charge in [0.15, 0.2) is 25.2 Å². The second-order valence-electron chi connectivity index (χ2n) is 14.6. The summed E-state index contributed by atoms with van der Waals surface area (Å²) in [6, 6.07) is 0. The van der Waals surface area contributed by atoms with Gasteiger partial charge in [-0.15, -0.1) is 0 Å². The number of rotatable bonds is 15. The highest BCUT2D eigenvalue weighted by atomic mass is 16.8. The molecule has 0 amide bonds. The molecule has 27 heteroatoms. The zero-order valence-electron chi connectivity index (χ0n) is 31.2. The number of carbonyl (C=O) groups is 1. The summed E-state index contributed by atoms with van der Waals surface area (Å²) in [6.45, 7) is -4.85. The van der Waals surface area contributed by atoms with Crippen LogP contribution in [0.15, 0.2) is 0 Å². The fraction of sp³-hybridized carbons (Fsp3) is 0.969. The largest absolute Gasteiger partial charge is 0.463 e. The number of hydrogen-bond acceptors (Lipinski definition) is 27. The van der Waals surface area contributed by atoms with E-state index in [0.29, 0.717) is 0 Å². The molecule has 0 aromatic heterocycles. The van der Waals surface area contributed by atoms with Gasteiger partial charge in [-0.1, -0.05) is 0 Å². The zero-order valence-corrected chi connectivity index (χ0v) is 31.2. The molecule has 0 saturated carbocycles. The molecular formula is C32H54O27. The summed E-state index contributed by atoms with van der Waals surface area (Å²) in [5, 5.41) is 168. The van der Waals surface area contributed by atoms with E-state index in [9.17, 15) is 86.5 Å². The Labute approximate surface area is 333 Å². The Bertz CT molecular complexity index is 1330. The van der Waals surface area contributed by atoms with Crippen molar-refractivity contribution in [1.82, 2.24) is 0 Å². The molecule has 0 bridgehead atoms. The van der Waals surface area contributed by atoms with Crippen molar-refractivity contribution in [2.24, 2.45) is 0 Å². The number of ether oxygens (including phenoxy) is 10. The fourth-order valence-corrected chi connectivity index (χ4v) is 7.24. The van der Waals surface area contributed by atoms with E-state index in [4.69, 9.17) is 47.4 Å². The molecule has 0 radical (unpaired) electrons. The van der Waals surface area contributed by atoms with E-state index in [1.165, 1.54) is 0 Å². The third-order valence-electron chi connectivity index (χ3n) is 10.7. The minimum atomic E-state index is -2.67. The first kappa shape index (κ1) is 48.5. The molecule has 16 N–H and O–H groups in total. The monoisotopic (exact) mass is 870 g/mol. The van der Waals surface area contributed by atoms with E-state index in [2.05, 4.69) is 0 Å². The van der Waals surface area contributed by atoms with Crippen LogP contribution >= 0.6 is 0 Å². The van der Waals surface area contributed by atoms with Gasteiger partial charge in [0.2, 0.25) is 5.79 Å². The highest BCUT2D eigenvalue weighted by molar-refractivity contribution is 5.65. The van der Waals surface area contributed by atoms with Crippen LogP contribution in [0.1, 0.15) is 6.92 Å². The van der Waals surface area contributed by atoms with Crippen LogP contribution in [0.2, 0.25) is 0 Å². The molecule has 5 saturated heterocycles. The van der Waals surface area contributed by atoms with Gasteiger partial charge in [-0.2, -0.15) is 0 Å². The SMILES string of the molecule is CC(=O)OC[C@H]1O[C@@H](O[C@H]2[C@H](O)[C@@H](CO)O[C@H](O[C@]3(CO)O[C@H](CO)[C@@H](O)[C@@H]3O)[C@@H]2O[C@@H]2O[C@H](CO)[C@@H](O)[C@H](O)[C@H]2O)[C@H](O)[C@@H](O[C@@H]2O[C@H](CO)[C@@H](O)[C@H](O)[C@H]2O)[C@@H]1O. The second-order valence-corrected chi connectivity index (χ2v) is 14.6. The van der Waals surface area contributed by atoms with E-state index < -0.39 is 193 Å². The van der Waals surface area contributed by atoms with Crippen molar-refractivity contribution in [2.45, 2.75) is 154 Å². The molecule has 27 nitrogen and oxygen atoms in total. The summed E-state index contributed by atoms with van der Waals surface area (Å²) in [5.41, 5.74) is 0. The molecule has 24 atom stereocenters. The Hall–Kier alpha value is -1.53. The Morgan fingerprint density at radius 1 is 0.475 bits per heavy atom. The molecule has 0 aromatic carbocycles. The van der Waals surface area contributed by atoms with Crippen LogP contribution in [0.4, 0.5) is 0 Å². The Morgan fingerprint density at radius 3 is 1.37 bits per heavy atom. The van der Waals surface area contributed by atoms with Crippen molar-refractivity contribution in [3.63, 3.8) is 0 Å². The average molecular weight is 871 g/mol. The molecule has 0 aromatic rings. The van der Waals surface area contributed by atoms with Crippen LogP contribution in [-0.4, -0.2) is 274 Å². The second kappa shape index (κ2) is 20.3. The predicted molar refractivity (Wildman–Crippen MR) is 176 cm³/mol. The molecule has 5 heterocycles. The van der Waals surface area contributed by atoms with Crippen molar-refractivity contribution in [3.05, 3.63) is 0 Å². The lowest BCUT2D eigenvalue weighted by Gasteiger charge is -2.50. The van der Waals surface area contributed by atoms with Gasteiger partial charge < -0.3 is 129 Å². The smallest absolute Gasteiger partial charge is 0.302 e. The molecule has 5 aliphatic heterocycles. The van der Waals surface area contributed by atoms with Crippen LogP contribution < -0.4 is 0 Å². The van der Waals surface area contributed by atoms with E-state index in [0.717, 1.165) is 6.92 Å². The first-order valence-electron chi connectivity index (χ1n) is 18.5. The van der Waals surface area contributed by atoms with Gasteiger partial charge in [0.05, 0.1) is 26.4 Å². The fourth-order valence-electron chi connectivity index (χ4n) is 7.24. The highest BCUT2D eigenvalue weighted by Gasteiger charge is 2.61. The van der Waals surface area contributed by atoms with Gasteiger partial charge in [0.25, 0.3) is 0 Å². The molecule has 344 valence electrons. The molecular weight excluding hydrogens is 816 g/mol. The highest BCUT2D eigenvalue weighted by Crippen LogP contribution is 2.40. The summed E-state index contributed by atoms with van der Waals surface area (Å²) >= 11 is 0. The summed E-state index contributed by atoms with van der Waals surface area (Å²) in [4.78, 5) is 11.7. The third kappa shape index (κ3) is 9.84. The van der Waals surface area contributed by atoms with Crippen LogP contribution in [-0.2, 0) is 52.2 Å². The summed E-state index contributed by atoms with van der Waals surface area (Å²) in [6.07, 6.45) is -45.2. The maximum absolute atomic E-state index is 11.7. The van der Waals surface area contributed by atoms with Crippen LogP contribution in [0.25, 0.3) is 0 Å². The third-order valence-corrected chi connectivity index (χ3v) is 10.7. The molecule has 0 aliphatic carbocycles. The first-order chi connectivity index (χ1) is 27.9. The van der Waals surface area contributed by atoms with Gasteiger partial charge in [-0.25, -0.2) is 0 Å². The number of hydrogen-bond donors (Lipinski definition) is 16. The summed E-state index contributed by atoms with van der Waals surface area (Å²) in [7, 11) is 0. The molecule has 5 rings (SSSR count). The van der Waals surface area contributed by atoms with Gasteiger partial charge in [0.1, 0.15) is 129 Å². The Balaban J connectivity index is 1.53. The molecule has 5 fully saturated rings. The Morgan fingerprint density at radius 2 is 0.898 bits per heavy atom. The minimum Gasteiger partial charge on any atom is -0.463 e. The maximum atomic E-state index is 11.7. The molecule has 0 spiro atoms. The lowest BCUT2D eigenvalue weighted by Crippen LogP contribution is -2.69. The normalized spacial score (nSPS) is 50.8. The Kier molecular flexibility index (Phi) is 16.7. The van der Waals surface area contributed by atoms with Crippen molar-refractivity contribution in [2.75, 3.05) is 39.6 Å². The van der Waals surface area contributed by atoms with E-state index >= 15 is 0 Å². The number of aliphatic hydroxyl groups is 16. The van der Waals surface area contributed by atoms with Crippen molar-refractivity contribution < 1.29 is 134 Å². The van der Waals surface area contributed by atoms with Gasteiger partial charge in [-0.3, -0.25) is 4.79 Å². The lowest BCUT2D eigenvalue weighted by atomic mass is 9.95. The molecule has 0 unspecified atom stereocenters. The van der Waals surface area contributed by atoms with Gasteiger partial charge >= 0.3 is 5.97 Å². The van der Waals surface area contributed by atoms with Crippen molar-refractivity contribution in [3.8, 4) is 0 Å². The van der Waals surface area contributed by atoms with Crippen molar-refractivity contribution >= 4 is 5.97 Å². The summed E-state index contributed by atoms with van der Waals surface area (Å²) in [5.74, 6) is -3.55. The first-order valence-corrected chi connectivity index (χ1v) is 18.5. The maximum Gasteiger partial charge on any atom is 0.302 e. The minimum absolute atomic E-state index is 0.771. The predicted octanol–water partition coefficient (Wildman–Crippen LogP) is -11.4. The standard InChI is InChI=1S/C32H54O27/c1-8(38)50-6-13-17(42)24(55-28-21(46)19(44)14(39)9(2-33)51-28)23(48)30(54-13)56-25-16(41)11(4-35)53-31(59-32(7-37)27(49)18(43)12(5-36)58-32)26(25)57-29-22(47)20(45)15(40)10(3-34)52-29/h9-31,33-37,39-49H,2-7H2,1H3/t9-,10-,11-,12-,13-,14-,15-,16-,17-,18-,19+,20+,21-,22-,23-,24+,25+,26-,27+,28+,29+,30+,31-,32+/m1/s1. The van der Waals surface area contributed by atoms with Crippen LogP contribution in [0.3, 0.4) is 0 Å². The van der Waals surface area contributed by atoms with E-state index in [1.54, 1.807) is 0 Å². The molecule has 5 aliphatic rings. The lowest BCUT2D eigenvalue weighted by molar-refractivity contribution is -0.424. The van der Waals surface area contributed by atoms with Gasteiger partial charge in [-0.05, 0) is 0 Å². The number of esters is 1. The van der Waals surface area contributed by atoms with E-state index in [-0.39, 0.29) is 0 Å². The number of aliphatic hydroxyl groups excluding tert-OH is 16. The summed E-state index contributed by atoms with van der Waals surface area (Å²) < 4.78 is 56.0. The van der Waals surface area contributed by atoms with Crippen molar-refractivity contribution in [1.29, 1.82) is 0 Å². The van der Waals surface area contributed by atoms with Crippen LogP contribution in [0, 0.1) is 0 Å². The van der Waals surface area contributed by atoms with E-state index in [1.807, 2.05) is 0 Å². The molecule has 59 heavy (non-hydrogen) atoms. The quantitative estimate of drug-likeness (QED) is 0.0679.